The standard InChI is InChI=1S/C20H22ClFN2O2/c1-23(14-16-17(21)8-5-9-18(16)22)19(15-6-3-2-4-7-15)20(25)24-10-12-26-13-11-24/h2-9,19H,10-14H2,1H3/t19-/m0/s1. The fourth-order valence-corrected chi connectivity index (χ4v) is 3.42. The molecule has 0 spiro atoms. The van der Waals surface area contributed by atoms with Crippen molar-refractivity contribution >= 4 is 17.5 Å². The van der Waals surface area contributed by atoms with Gasteiger partial charge in [-0.25, -0.2) is 4.39 Å². The van der Waals surface area contributed by atoms with Crippen LogP contribution in [0.2, 0.25) is 5.02 Å². The van der Waals surface area contributed by atoms with E-state index in [1.165, 1.54) is 6.07 Å². The van der Waals surface area contributed by atoms with E-state index in [4.69, 9.17) is 16.3 Å². The number of benzene rings is 2. The van der Waals surface area contributed by atoms with Crippen molar-refractivity contribution in [2.45, 2.75) is 12.6 Å². The maximum Gasteiger partial charge on any atom is 0.244 e. The van der Waals surface area contributed by atoms with Crippen LogP contribution in [-0.2, 0) is 16.1 Å². The summed E-state index contributed by atoms with van der Waals surface area (Å²) in [6, 6.07) is 13.7. The zero-order valence-electron chi connectivity index (χ0n) is 14.7. The Kier molecular flexibility index (Phi) is 6.25. The molecule has 1 aliphatic heterocycles. The Morgan fingerprint density at radius 3 is 2.54 bits per heavy atom. The Bertz CT molecular complexity index is 730. The number of morpholine rings is 1. The maximum atomic E-state index is 14.2. The third-order valence-corrected chi connectivity index (χ3v) is 4.94. The first-order chi connectivity index (χ1) is 12.6. The zero-order chi connectivity index (χ0) is 18.5. The minimum atomic E-state index is -0.509. The van der Waals surface area contributed by atoms with Crippen LogP contribution in [0.4, 0.5) is 4.39 Å². The van der Waals surface area contributed by atoms with Gasteiger partial charge in [-0.1, -0.05) is 48.0 Å². The Balaban J connectivity index is 1.88. The van der Waals surface area contributed by atoms with Gasteiger partial charge in [0.25, 0.3) is 0 Å². The molecule has 3 rings (SSSR count). The van der Waals surface area contributed by atoms with Crippen LogP contribution in [0, 0.1) is 5.82 Å². The summed E-state index contributed by atoms with van der Waals surface area (Å²) in [4.78, 5) is 16.9. The second-order valence-corrected chi connectivity index (χ2v) is 6.77. The van der Waals surface area contributed by atoms with Gasteiger partial charge in [0.2, 0.25) is 5.91 Å². The second kappa shape index (κ2) is 8.62. The average molecular weight is 377 g/mol. The molecule has 6 heteroatoms. The molecule has 0 unspecified atom stereocenters. The second-order valence-electron chi connectivity index (χ2n) is 6.37. The Morgan fingerprint density at radius 1 is 1.19 bits per heavy atom. The van der Waals surface area contributed by atoms with Crippen molar-refractivity contribution in [3.8, 4) is 0 Å². The highest BCUT2D eigenvalue weighted by Gasteiger charge is 2.31. The summed E-state index contributed by atoms with van der Waals surface area (Å²) < 4.78 is 19.6. The molecular formula is C20H22ClFN2O2. The highest BCUT2D eigenvalue weighted by Crippen LogP contribution is 2.27. The minimum absolute atomic E-state index is 0.00513. The molecule has 0 bridgehead atoms. The van der Waals surface area contributed by atoms with Crippen molar-refractivity contribution in [1.82, 2.24) is 9.80 Å². The van der Waals surface area contributed by atoms with Crippen molar-refractivity contribution in [3.63, 3.8) is 0 Å². The largest absolute Gasteiger partial charge is 0.378 e. The normalized spacial score (nSPS) is 15.9. The van der Waals surface area contributed by atoms with Crippen LogP contribution in [0.1, 0.15) is 17.2 Å². The Hall–Kier alpha value is -1.95. The van der Waals surface area contributed by atoms with Gasteiger partial charge < -0.3 is 9.64 Å². The quantitative estimate of drug-likeness (QED) is 0.800. The van der Waals surface area contributed by atoms with Crippen LogP contribution >= 0.6 is 11.6 Å². The topological polar surface area (TPSA) is 32.8 Å². The van der Waals surface area contributed by atoms with Crippen molar-refractivity contribution in [1.29, 1.82) is 0 Å². The number of halogens is 2. The number of hydrogen-bond donors (Lipinski definition) is 0. The zero-order valence-corrected chi connectivity index (χ0v) is 15.5. The van der Waals surface area contributed by atoms with E-state index < -0.39 is 6.04 Å². The monoisotopic (exact) mass is 376 g/mol. The number of amides is 1. The van der Waals surface area contributed by atoms with Gasteiger partial charge in [0.15, 0.2) is 0 Å². The van der Waals surface area contributed by atoms with Crippen LogP contribution < -0.4 is 0 Å². The van der Waals surface area contributed by atoms with Gasteiger partial charge in [-0.2, -0.15) is 0 Å². The molecule has 26 heavy (non-hydrogen) atoms. The van der Waals surface area contributed by atoms with Crippen molar-refractivity contribution in [2.75, 3.05) is 33.4 Å². The molecular weight excluding hydrogens is 355 g/mol. The number of hydrogen-bond acceptors (Lipinski definition) is 3. The summed E-state index contributed by atoms with van der Waals surface area (Å²) in [5, 5.41) is 0.363. The predicted molar refractivity (Wildman–Crippen MR) is 99.5 cm³/mol. The van der Waals surface area contributed by atoms with Crippen LogP contribution in [0.25, 0.3) is 0 Å². The van der Waals surface area contributed by atoms with Gasteiger partial charge in [0, 0.05) is 30.2 Å². The van der Waals surface area contributed by atoms with Crippen LogP contribution in [0.15, 0.2) is 48.5 Å². The number of ether oxygens (including phenoxy) is 1. The van der Waals surface area contributed by atoms with E-state index in [-0.39, 0.29) is 18.3 Å². The third kappa shape index (κ3) is 4.23. The van der Waals surface area contributed by atoms with Gasteiger partial charge in [-0.05, 0) is 24.7 Å². The number of nitrogens with zero attached hydrogens (tertiary/aromatic N) is 2. The van der Waals surface area contributed by atoms with Gasteiger partial charge in [-0.15, -0.1) is 0 Å². The molecule has 2 aromatic carbocycles. The molecule has 138 valence electrons. The van der Waals surface area contributed by atoms with Crippen LogP contribution in [0.3, 0.4) is 0 Å². The summed E-state index contributed by atoms with van der Waals surface area (Å²) in [6.45, 7) is 2.44. The van der Waals surface area contributed by atoms with Crippen LogP contribution in [0.5, 0.6) is 0 Å². The summed E-state index contributed by atoms with van der Waals surface area (Å²) in [5.41, 5.74) is 1.27. The lowest BCUT2D eigenvalue weighted by molar-refractivity contribution is -0.141. The van der Waals surface area contributed by atoms with E-state index in [0.29, 0.717) is 36.9 Å². The Morgan fingerprint density at radius 2 is 1.88 bits per heavy atom. The SMILES string of the molecule is CN(Cc1c(F)cccc1Cl)[C@H](C(=O)N1CCOCC1)c1ccccc1. The molecule has 0 N–H and O–H groups in total. The fourth-order valence-electron chi connectivity index (χ4n) is 3.20. The molecule has 1 aliphatic rings. The number of rotatable bonds is 5. The van der Waals surface area contributed by atoms with Crippen LogP contribution in [-0.4, -0.2) is 49.1 Å². The number of carbonyl (C=O) groups excluding carboxylic acids is 1. The predicted octanol–water partition coefficient (Wildman–Crippen LogP) is 3.51. The molecule has 4 nitrogen and oxygen atoms in total. The molecule has 0 aliphatic carbocycles. The minimum Gasteiger partial charge on any atom is -0.378 e. The van der Waals surface area contributed by atoms with E-state index in [1.54, 1.807) is 17.0 Å². The highest BCUT2D eigenvalue weighted by atomic mass is 35.5. The van der Waals surface area contributed by atoms with Gasteiger partial charge in [0.1, 0.15) is 11.9 Å². The lowest BCUT2D eigenvalue weighted by Gasteiger charge is -2.34. The average Bonchev–Trinajstić information content (AvgIpc) is 2.66. The molecule has 1 amide bonds. The smallest absolute Gasteiger partial charge is 0.244 e. The van der Waals surface area contributed by atoms with Crippen molar-refractivity contribution < 1.29 is 13.9 Å². The third-order valence-electron chi connectivity index (χ3n) is 4.58. The Labute approximate surface area is 158 Å². The summed E-state index contributed by atoms with van der Waals surface area (Å²) >= 11 is 6.17. The molecule has 1 heterocycles. The molecule has 2 aromatic rings. The van der Waals surface area contributed by atoms with E-state index in [9.17, 15) is 9.18 Å². The summed E-state index contributed by atoms with van der Waals surface area (Å²) in [6.07, 6.45) is 0. The summed E-state index contributed by atoms with van der Waals surface area (Å²) in [7, 11) is 1.82. The molecule has 0 aromatic heterocycles. The molecule has 1 fully saturated rings. The first kappa shape index (κ1) is 18.8. The van der Waals surface area contributed by atoms with Gasteiger partial charge in [0.05, 0.1) is 13.2 Å². The fraction of sp³-hybridized carbons (Fsp3) is 0.350. The van der Waals surface area contributed by atoms with E-state index in [0.717, 1.165) is 5.56 Å². The van der Waals surface area contributed by atoms with E-state index in [1.807, 2.05) is 42.3 Å². The molecule has 0 saturated carbocycles. The maximum absolute atomic E-state index is 14.2. The van der Waals surface area contributed by atoms with E-state index in [2.05, 4.69) is 0 Å². The molecule has 1 saturated heterocycles. The van der Waals surface area contributed by atoms with Crippen molar-refractivity contribution in [3.05, 3.63) is 70.5 Å². The van der Waals surface area contributed by atoms with Crippen molar-refractivity contribution in [2.24, 2.45) is 0 Å². The lowest BCUT2D eigenvalue weighted by atomic mass is 10.0. The van der Waals surface area contributed by atoms with E-state index >= 15 is 0 Å². The first-order valence-corrected chi connectivity index (χ1v) is 9.00. The number of carbonyl (C=O) groups is 1. The molecule has 0 radical (unpaired) electrons. The molecule has 1 atom stereocenters. The van der Waals surface area contributed by atoms with Gasteiger partial charge in [-0.3, -0.25) is 9.69 Å². The van der Waals surface area contributed by atoms with Gasteiger partial charge >= 0.3 is 0 Å². The number of likely N-dealkylation sites (N-methyl/N-ethyl adjacent to an activating group) is 1. The lowest BCUT2D eigenvalue weighted by Crippen LogP contribution is -2.46. The first-order valence-electron chi connectivity index (χ1n) is 8.62. The highest BCUT2D eigenvalue weighted by molar-refractivity contribution is 6.31. The summed E-state index contributed by atoms with van der Waals surface area (Å²) in [5.74, 6) is -0.371.